The quantitative estimate of drug-likeness (QED) is 0.580. The Labute approximate surface area is 98.7 Å². The molecule has 16 heavy (non-hydrogen) atoms. The van der Waals surface area contributed by atoms with Gasteiger partial charge in [0.05, 0.1) is 0 Å². The summed E-state index contributed by atoms with van der Waals surface area (Å²) in [4.78, 5) is 11.7. The van der Waals surface area contributed by atoms with Crippen LogP contribution in [0.4, 0.5) is 0 Å². The van der Waals surface area contributed by atoms with Gasteiger partial charge in [0.25, 0.3) is 0 Å². The van der Waals surface area contributed by atoms with Crippen LogP contribution in [0.25, 0.3) is 0 Å². The molecule has 2 N–H and O–H groups in total. The summed E-state index contributed by atoms with van der Waals surface area (Å²) in [6.07, 6.45) is 9.91. The molecule has 1 aliphatic rings. The smallest absolute Gasteiger partial charge is 0.323 e. The van der Waals surface area contributed by atoms with E-state index >= 15 is 0 Å². The van der Waals surface area contributed by atoms with Gasteiger partial charge in [-0.3, -0.25) is 4.79 Å². The van der Waals surface area contributed by atoms with Crippen LogP contribution in [0.15, 0.2) is 0 Å². The number of hydrogen-bond donors (Lipinski definition) is 1. The third kappa shape index (κ3) is 4.97. The van der Waals surface area contributed by atoms with Crippen molar-refractivity contribution in [2.75, 3.05) is 0 Å². The summed E-state index contributed by atoms with van der Waals surface area (Å²) in [6, 6.07) is -0.414. The van der Waals surface area contributed by atoms with Crippen molar-refractivity contribution in [2.24, 2.45) is 5.73 Å². The summed E-state index contributed by atoms with van der Waals surface area (Å²) < 4.78 is 5.47. The number of ether oxygens (including phenoxy) is 1. The number of nitrogens with two attached hydrogens (primary N) is 1. The SMILES string of the molecule is CCCC[C@H](N)C(=O)OC1CCCCCC1. The lowest BCUT2D eigenvalue weighted by molar-refractivity contribution is -0.151. The highest BCUT2D eigenvalue weighted by Gasteiger charge is 2.20. The molecule has 0 radical (unpaired) electrons. The molecule has 0 aromatic rings. The van der Waals surface area contributed by atoms with Gasteiger partial charge >= 0.3 is 5.97 Å². The third-order valence-corrected chi connectivity index (χ3v) is 3.26. The minimum absolute atomic E-state index is 0.127. The molecular formula is C13H25NO2. The number of carbonyl (C=O) groups excluding carboxylic acids is 1. The molecular weight excluding hydrogens is 202 g/mol. The van der Waals surface area contributed by atoms with Crippen molar-refractivity contribution in [3.63, 3.8) is 0 Å². The molecule has 0 aromatic heterocycles. The van der Waals surface area contributed by atoms with Crippen LogP contribution in [0.1, 0.15) is 64.7 Å². The zero-order valence-corrected chi connectivity index (χ0v) is 10.4. The molecule has 1 atom stereocenters. The van der Waals surface area contributed by atoms with E-state index < -0.39 is 6.04 Å². The normalized spacial score (nSPS) is 20.1. The molecule has 3 nitrogen and oxygen atoms in total. The lowest BCUT2D eigenvalue weighted by Gasteiger charge is -2.18. The zero-order valence-electron chi connectivity index (χ0n) is 10.4. The first-order valence-electron chi connectivity index (χ1n) is 6.70. The molecule has 1 saturated carbocycles. The van der Waals surface area contributed by atoms with Gasteiger partial charge in [0.2, 0.25) is 0 Å². The summed E-state index contributed by atoms with van der Waals surface area (Å²) in [5.74, 6) is -0.194. The highest BCUT2D eigenvalue weighted by Crippen LogP contribution is 2.20. The third-order valence-electron chi connectivity index (χ3n) is 3.26. The minimum atomic E-state index is -0.414. The van der Waals surface area contributed by atoms with Crippen LogP contribution < -0.4 is 5.73 Å². The van der Waals surface area contributed by atoms with Crippen molar-refractivity contribution in [3.05, 3.63) is 0 Å². The van der Waals surface area contributed by atoms with Crippen molar-refractivity contribution < 1.29 is 9.53 Å². The fourth-order valence-corrected chi connectivity index (χ4v) is 2.15. The predicted octanol–water partition coefficient (Wildman–Crippen LogP) is 2.77. The van der Waals surface area contributed by atoms with E-state index in [0.29, 0.717) is 0 Å². The van der Waals surface area contributed by atoms with Crippen molar-refractivity contribution in [3.8, 4) is 0 Å². The van der Waals surface area contributed by atoms with Gasteiger partial charge in [-0.1, -0.05) is 32.6 Å². The van der Waals surface area contributed by atoms with Gasteiger partial charge in [0, 0.05) is 0 Å². The summed E-state index contributed by atoms with van der Waals surface area (Å²) >= 11 is 0. The first-order chi connectivity index (χ1) is 7.74. The van der Waals surface area contributed by atoms with E-state index in [9.17, 15) is 4.79 Å². The fraction of sp³-hybridized carbons (Fsp3) is 0.923. The van der Waals surface area contributed by atoms with E-state index in [1.54, 1.807) is 0 Å². The first-order valence-corrected chi connectivity index (χ1v) is 6.70. The van der Waals surface area contributed by atoms with Gasteiger partial charge in [-0.2, -0.15) is 0 Å². The molecule has 94 valence electrons. The molecule has 0 bridgehead atoms. The number of rotatable bonds is 5. The van der Waals surface area contributed by atoms with Crippen LogP contribution in [-0.2, 0) is 9.53 Å². The second kappa shape index (κ2) is 7.66. The minimum Gasteiger partial charge on any atom is -0.461 e. The fourth-order valence-electron chi connectivity index (χ4n) is 2.15. The van der Waals surface area contributed by atoms with Crippen LogP contribution in [0, 0.1) is 0 Å². The van der Waals surface area contributed by atoms with Crippen molar-refractivity contribution in [1.82, 2.24) is 0 Å². The average Bonchev–Trinajstić information content (AvgIpc) is 2.54. The average molecular weight is 227 g/mol. The lowest BCUT2D eigenvalue weighted by atomic mass is 10.1. The molecule has 0 aromatic carbocycles. The van der Waals surface area contributed by atoms with Gasteiger partial charge in [0.1, 0.15) is 12.1 Å². The van der Waals surface area contributed by atoms with E-state index in [0.717, 1.165) is 32.1 Å². The van der Waals surface area contributed by atoms with Crippen LogP contribution >= 0.6 is 0 Å². The Balaban J connectivity index is 2.25. The Morgan fingerprint density at radius 3 is 2.50 bits per heavy atom. The highest BCUT2D eigenvalue weighted by molar-refractivity contribution is 5.75. The van der Waals surface area contributed by atoms with Gasteiger partial charge < -0.3 is 10.5 Å². The van der Waals surface area contributed by atoms with Gasteiger partial charge in [-0.25, -0.2) is 0 Å². The molecule has 3 heteroatoms. The van der Waals surface area contributed by atoms with E-state index in [-0.39, 0.29) is 12.1 Å². The molecule has 1 rings (SSSR count). The van der Waals surface area contributed by atoms with Gasteiger partial charge in [-0.15, -0.1) is 0 Å². The number of hydrogen-bond acceptors (Lipinski definition) is 3. The second-order valence-electron chi connectivity index (χ2n) is 4.80. The Kier molecular flexibility index (Phi) is 6.46. The number of carbonyl (C=O) groups is 1. The van der Waals surface area contributed by atoms with Crippen molar-refractivity contribution in [2.45, 2.75) is 76.9 Å². The predicted molar refractivity (Wildman–Crippen MR) is 65.1 cm³/mol. The summed E-state index contributed by atoms with van der Waals surface area (Å²) in [5, 5.41) is 0. The molecule has 0 unspecified atom stereocenters. The molecule has 1 fully saturated rings. The van der Waals surface area contributed by atoms with E-state index in [1.165, 1.54) is 25.7 Å². The maximum Gasteiger partial charge on any atom is 0.323 e. The molecule has 0 spiro atoms. The molecule has 0 saturated heterocycles. The van der Waals surface area contributed by atoms with E-state index in [2.05, 4.69) is 6.92 Å². The Morgan fingerprint density at radius 1 is 1.31 bits per heavy atom. The van der Waals surface area contributed by atoms with E-state index in [1.807, 2.05) is 0 Å². The van der Waals surface area contributed by atoms with Crippen molar-refractivity contribution >= 4 is 5.97 Å². The standard InChI is InChI=1S/C13H25NO2/c1-2-3-10-12(14)13(15)16-11-8-6-4-5-7-9-11/h11-12H,2-10,14H2,1H3/t12-/m0/s1. The van der Waals surface area contributed by atoms with Gasteiger partial charge in [-0.05, 0) is 32.1 Å². The maximum absolute atomic E-state index is 11.7. The topological polar surface area (TPSA) is 52.3 Å². The maximum atomic E-state index is 11.7. The summed E-state index contributed by atoms with van der Waals surface area (Å²) in [7, 11) is 0. The first kappa shape index (κ1) is 13.5. The van der Waals surface area contributed by atoms with Crippen LogP contribution in [-0.4, -0.2) is 18.1 Å². The van der Waals surface area contributed by atoms with Crippen LogP contribution in [0.2, 0.25) is 0 Å². The van der Waals surface area contributed by atoms with E-state index in [4.69, 9.17) is 10.5 Å². The largest absolute Gasteiger partial charge is 0.461 e. The Morgan fingerprint density at radius 2 is 1.94 bits per heavy atom. The molecule has 1 aliphatic carbocycles. The molecule has 0 heterocycles. The number of esters is 1. The molecule has 0 amide bonds. The van der Waals surface area contributed by atoms with Crippen LogP contribution in [0.5, 0.6) is 0 Å². The summed E-state index contributed by atoms with van der Waals surface area (Å²) in [6.45, 7) is 2.10. The zero-order chi connectivity index (χ0) is 11.8. The van der Waals surface area contributed by atoms with Gasteiger partial charge in [0.15, 0.2) is 0 Å². The lowest BCUT2D eigenvalue weighted by Crippen LogP contribution is -2.34. The van der Waals surface area contributed by atoms with Crippen molar-refractivity contribution in [1.29, 1.82) is 0 Å². The number of unbranched alkanes of at least 4 members (excludes halogenated alkanes) is 1. The Hall–Kier alpha value is -0.570. The highest BCUT2D eigenvalue weighted by atomic mass is 16.5. The van der Waals surface area contributed by atoms with Crippen LogP contribution in [0.3, 0.4) is 0 Å². The Bertz CT molecular complexity index is 198. The monoisotopic (exact) mass is 227 g/mol. The molecule has 0 aliphatic heterocycles. The second-order valence-corrected chi connectivity index (χ2v) is 4.80. The summed E-state index contributed by atoms with van der Waals surface area (Å²) in [5.41, 5.74) is 5.78.